The number of rotatable bonds is 0. The number of hydrogen-bond acceptors (Lipinski definition) is 4. The van der Waals surface area contributed by atoms with Gasteiger partial charge >= 0.3 is 29.6 Å². The van der Waals surface area contributed by atoms with Crippen molar-refractivity contribution < 1.29 is 9.90 Å². The zero-order valence-corrected chi connectivity index (χ0v) is 6.26. The third-order valence-electron chi connectivity index (χ3n) is 0.451. The predicted octanol–water partition coefficient (Wildman–Crippen LogP) is 0.168. The molecule has 0 atom stereocenters. The summed E-state index contributed by atoms with van der Waals surface area (Å²) < 4.78 is 0. The molecule has 0 bridgehead atoms. The molecule has 1 heterocycles. The zero-order valence-electron chi connectivity index (χ0n) is 5.44. The van der Waals surface area contributed by atoms with Crippen LogP contribution in [0, 0.1) is 0 Å². The number of nitrogens with zero attached hydrogens (tertiary/aromatic N) is 1. The fourth-order valence-electron chi connectivity index (χ4n) is 0.234. The van der Waals surface area contributed by atoms with Gasteiger partial charge in [-0.25, -0.2) is 4.98 Å². The van der Waals surface area contributed by atoms with Gasteiger partial charge in [0.1, 0.15) is 0 Å². The second kappa shape index (κ2) is 8.00. The van der Waals surface area contributed by atoms with Crippen LogP contribution in [-0.4, -0.2) is 45.6 Å². The number of hydrogen-bond donors (Lipinski definition) is 2. The Morgan fingerprint density at radius 2 is 2.27 bits per heavy atom. The Labute approximate surface area is 90.7 Å². The van der Waals surface area contributed by atoms with Crippen molar-refractivity contribution in [2.45, 2.75) is 6.92 Å². The van der Waals surface area contributed by atoms with Crippen molar-refractivity contribution in [1.82, 2.24) is 4.98 Å². The summed E-state index contributed by atoms with van der Waals surface area (Å²) in [6.45, 7) is 1.08. The maximum absolute atomic E-state index is 9.00. The van der Waals surface area contributed by atoms with Crippen LogP contribution in [0.3, 0.4) is 0 Å². The van der Waals surface area contributed by atoms with Crippen molar-refractivity contribution in [3.05, 3.63) is 11.6 Å². The number of carboxylic acids is 1. The van der Waals surface area contributed by atoms with Crippen LogP contribution in [0.4, 0.5) is 5.13 Å². The van der Waals surface area contributed by atoms with Crippen molar-refractivity contribution in [2.75, 3.05) is 5.73 Å². The van der Waals surface area contributed by atoms with Gasteiger partial charge in [-0.05, 0) is 0 Å². The number of aliphatic carboxylic acids is 1. The molecular formula is C5H9N2NaO2S. The molecule has 0 aliphatic rings. The summed E-state index contributed by atoms with van der Waals surface area (Å²) in [5, 5.41) is 9.89. The minimum atomic E-state index is -0.833. The Bertz CT molecular complexity index is 186. The van der Waals surface area contributed by atoms with E-state index in [-0.39, 0.29) is 29.6 Å². The average Bonchev–Trinajstić information content (AvgIpc) is 2.15. The molecule has 1 rings (SSSR count). The van der Waals surface area contributed by atoms with Crippen LogP contribution in [0.25, 0.3) is 0 Å². The third kappa shape index (κ3) is 13.0. The van der Waals surface area contributed by atoms with E-state index in [4.69, 9.17) is 15.6 Å². The molecule has 0 radical (unpaired) electrons. The van der Waals surface area contributed by atoms with E-state index in [0.717, 1.165) is 6.92 Å². The molecular weight excluding hydrogens is 175 g/mol. The summed E-state index contributed by atoms with van der Waals surface area (Å²) in [7, 11) is 0. The molecule has 0 saturated carbocycles. The summed E-state index contributed by atoms with van der Waals surface area (Å²) in [5.74, 6) is -0.833. The number of carboxylic acid groups (broad SMARTS) is 1. The topological polar surface area (TPSA) is 76.2 Å². The van der Waals surface area contributed by atoms with Crippen LogP contribution in [0.15, 0.2) is 11.6 Å². The molecule has 0 fully saturated rings. The molecule has 0 aromatic carbocycles. The van der Waals surface area contributed by atoms with Gasteiger partial charge in [-0.1, -0.05) is 0 Å². The zero-order chi connectivity index (χ0) is 7.98. The molecule has 0 aliphatic heterocycles. The summed E-state index contributed by atoms with van der Waals surface area (Å²) in [6.07, 6.45) is 1.68. The number of anilines is 1. The molecule has 0 aliphatic carbocycles. The van der Waals surface area contributed by atoms with Gasteiger partial charge in [0.15, 0.2) is 5.13 Å². The minimum absolute atomic E-state index is 0. The van der Waals surface area contributed by atoms with Crippen molar-refractivity contribution in [3.8, 4) is 0 Å². The number of nitrogen functional groups attached to an aromatic ring is 1. The van der Waals surface area contributed by atoms with Crippen LogP contribution in [-0.2, 0) is 4.79 Å². The molecule has 1 aromatic heterocycles. The Morgan fingerprint density at radius 1 is 1.82 bits per heavy atom. The van der Waals surface area contributed by atoms with Gasteiger partial charge in [0.25, 0.3) is 5.97 Å². The van der Waals surface area contributed by atoms with E-state index >= 15 is 0 Å². The molecule has 0 spiro atoms. The van der Waals surface area contributed by atoms with Crippen molar-refractivity contribution >= 4 is 52.0 Å². The summed E-state index contributed by atoms with van der Waals surface area (Å²) >= 11 is 1.44. The molecule has 4 nitrogen and oxygen atoms in total. The monoisotopic (exact) mass is 184 g/mol. The van der Waals surface area contributed by atoms with Gasteiger partial charge in [-0.3, -0.25) is 4.79 Å². The molecule has 58 valence electrons. The number of aromatic nitrogens is 1. The Balaban J connectivity index is 0. The Morgan fingerprint density at radius 3 is 2.36 bits per heavy atom. The first-order valence-corrected chi connectivity index (χ1v) is 3.35. The third-order valence-corrected chi connectivity index (χ3v) is 1.06. The molecule has 0 unspecified atom stereocenters. The number of carbonyl (C=O) groups is 1. The van der Waals surface area contributed by atoms with Gasteiger partial charge in [0, 0.05) is 18.5 Å². The van der Waals surface area contributed by atoms with E-state index in [1.54, 1.807) is 6.20 Å². The predicted molar refractivity (Wildman–Crippen MR) is 47.0 cm³/mol. The molecule has 3 N–H and O–H groups in total. The van der Waals surface area contributed by atoms with Gasteiger partial charge in [0.2, 0.25) is 0 Å². The normalized spacial score (nSPS) is 7.00. The molecule has 0 amide bonds. The van der Waals surface area contributed by atoms with E-state index in [2.05, 4.69) is 4.98 Å². The fraction of sp³-hybridized carbons (Fsp3) is 0.200. The van der Waals surface area contributed by atoms with Gasteiger partial charge in [-0.2, -0.15) is 0 Å². The maximum atomic E-state index is 9.00. The second-order valence-electron chi connectivity index (χ2n) is 1.39. The standard InChI is InChI=1S/C3H4N2S.C2H4O2.Na.H/c4-3-5-1-2-6-3;1-2(3)4;;/h1-2H,(H2,4,5);1H3,(H,3,4);;. The van der Waals surface area contributed by atoms with Crippen molar-refractivity contribution in [1.29, 1.82) is 0 Å². The Kier molecular flexibility index (Phi) is 9.81. The first-order chi connectivity index (χ1) is 4.63. The Hall–Kier alpha value is -0.1000. The van der Waals surface area contributed by atoms with Crippen LogP contribution >= 0.6 is 11.3 Å². The van der Waals surface area contributed by atoms with E-state index in [1.165, 1.54) is 11.3 Å². The number of thiazole rings is 1. The summed E-state index contributed by atoms with van der Waals surface area (Å²) in [4.78, 5) is 12.7. The molecule has 11 heavy (non-hydrogen) atoms. The quantitative estimate of drug-likeness (QED) is 0.563. The van der Waals surface area contributed by atoms with Crippen LogP contribution in [0.5, 0.6) is 0 Å². The van der Waals surface area contributed by atoms with Gasteiger partial charge in [-0.15, -0.1) is 11.3 Å². The van der Waals surface area contributed by atoms with Crippen LogP contribution in [0.2, 0.25) is 0 Å². The van der Waals surface area contributed by atoms with E-state index < -0.39 is 5.97 Å². The van der Waals surface area contributed by atoms with Gasteiger partial charge in [0.05, 0.1) is 0 Å². The van der Waals surface area contributed by atoms with E-state index in [0.29, 0.717) is 5.13 Å². The molecule has 6 heteroatoms. The van der Waals surface area contributed by atoms with E-state index in [9.17, 15) is 0 Å². The fourth-order valence-corrected chi connectivity index (χ4v) is 0.617. The number of nitrogens with two attached hydrogens (primary N) is 1. The summed E-state index contributed by atoms with van der Waals surface area (Å²) in [6, 6.07) is 0. The van der Waals surface area contributed by atoms with Gasteiger partial charge < -0.3 is 10.8 Å². The molecule has 1 aromatic rings. The SMILES string of the molecule is CC(=O)O.Nc1nccs1.[NaH]. The summed E-state index contributed by atoms with van der Waals surface area (Å²) in [5.41, 5.74) is 5.19. The molecule has 0 saturated heterocycles. The van der Waals surface area contributed by atoms with E-state index in [1.807, 2.05) is 5.38 Å². The first kappa shape index (κ1) is 13.5. The second-order valence-corrected chi connectivity index (χ2v) is 2.32. The van der Waals surface area contributed by atoms with Crippen molar-refractivity contribution in [3.63, 3.8) is 0 Å². The van der Waals surface area contributed by atoms with Crippen LogP contribution in [0.1, 0.15) is 6.92 Å². The first-order valence-electron chi connectivity index (χ1n) is 2.47. The van der Waals surface area contributed by atoms with Crippen LogP contribution < -0.4 is 5.73 Å². The van der Waals surface area contributed by atoms with Crippen molar-refractivity contribution in [2.24, 2.45) is 0 Å². The average molecular weight is 184 g/mol.